The summed E-state index contributed by atoms with van der Waals surface area (Å²) in [5.74, 6) is 0. The minimum Gasteiger partial charge on any atom is -0.376 e. The molecule has 18 heavy (non-hydrogen) atoms. The summed E-state index contributed by atoms with van der Waals surface area (Å²) in [6.07, 6.45) is 6.42. The molecule has 0 saturated carbocycles. The molecule has 0 bridgehead atoms. The highest BCUT2D eigenvalue weighted by Crippen LogP contribution is 2.30. The van der Waals surface area contributed by atoms with Gasteiger partial charge in [0.2, 0.25) is 0 Å². The van der Waals surface area contributed by atoms with Crippen LogP contribution in [0.25, 0.3) is 10.8 Å². The van der Waals surface area contributed by atoms with Crippen molar-refractivity contribution >= 4 is 10.8 Å². The van der Waals surface area contributed by atoms with Crippen LogP contribution in [-0.2, 0) is 4.74 Å². The van der Waals surface area contributed by atoms with Crippen molar-refractivity contribution in [2.45, 2.75) is 25.0 Å². The molecule has 1 fully saturated rings. The highest BCUT2D eigenvalue weighted by Gasteiger charge is 2.27. The Kier molecular flexibility index (Phi) is 3.26. The summed E-state index contributed by atoms with van der Waals surface area (Å²) in [5, 5.41) is 5.84. The van der Waals surface area contributed by atoms with Crippen molar-refractivity contribution in [2.75, 3.05) is 13.7 Å². The minimum absolute atomic E-state index is 0.228. The lowest BCUT2D eigenvalue weighted by Crippen LogP contribution is -2.29. The van der Waals surface area contributed by atoms with Gasteiger partial charge in [-0.05, 0) is 30.8 Å². The number of hydrogen-bond acceptors (Lipinski definition) is 3. The summed E-state index contributed by atoms with van der Waals surface area (Å²) >= 11 is 0. The number of aromatic nitrogens is 1. The molecule has 3 heteroatoms. The van der Waals surface area contributed by atoms with Gasteiger partial charge in [0.1, 0.15) is 0 Å². The van der Waals surface area contributed by atoms with Crippen LogP contribution in [0.15, 0.2) is 36.7 Å². The minimum atomic E-state index is 0.228. The molecule has 0 radical (unpaired) electrons. The summed E-state index contributed by atoms with van der Waals surface area (Å²) in [5.41, 5.74) is 1.24. The second-order valence-electron chi connectivity index (χ2n) is 4.77. The molecular weight excluding hydrogens is 224 g/mol. The first-order valence-electron chi connectivity index (χ1n) is 6.51. The summed E-state index contributed by atoms with van der Waals surface area (Å²) in [4.78, 5) is 4.36. The van der Waals surface area contributed by atoms with Crippen molar-refractivity contribution in [1.82, 2.24) is 10.3 Å². The van der Waals surface area contributed by atoms with E-state index < -0.39 is 0 Å². The predicted molar refractivity (Wildman–Crippen MR) is 72.5 cm³/mol. The molecule has 1 aliphatic heterocycles. The Morgan fingerprint density at radius 3 is 3.00 bits per heavy atom. The number of nitrogens with zero attached hydrogens (tertiary/aromatic N) is 1. The molecule has 1 aromatic carbocycles. The Balaban J connectivity index is 2.06. The van der Waals surface area contributed by atoms with Crippen LogP contribution in [0, 0.1) is 0 Å². The van der Waals surface area contributed by atoms with E-state index >= 15 is 0 Å². The standard InChI is InChI=1S/C15H18N2O/c1-16-15(14-7-4-8-18-14)13-10-17-9-11-5-2-3-6-12(11)13/h2-3,5-6,9-10,14-16H,4,7-8H2,1H3. The lowest BCUT2D eigenvalue weighted by Gasteiger charge is -2.23. The topological polar surface area (TPSA) is 34.2 Å². The third-order valence-electron chi connectivity index (χ3n) is 3.68. The number of benzene rings is 1. The highest BCUT2D eigenvalue weighted by atomic mass is 16.5. The maximum atomic E-state index is 5.82. The fourth-order valence-electron chi connectivity index (χ4n) is 2.79. The molecule has 0 spiro atoms. The summed E-state index contributed by atoms with van der Waals surface area (Å²) < 4.78 is 5.82. The molecule has 0 amide bonds. The highest BCUT2D eigenvalue weighted by molar-refractivity contribution is 5.85. The quantitative estimate of drug-likeness (QED) is 0.898. The first-order chi connectivity index (χ1) is 8.90. The Hall–Kier alpha value is -1.45. The predicted octanol–water partition coefficient (Wildman–Crippen LogP) is 2.67. The zero-order valence-corrected chi connectivity index (χ0v) is 10.6. The van der Waals surface area contributed by atoms with Gasteiger partial charge in [-0.1, -0.05) is 24.3 Å². The third kappa shape index (κ3) is 2.00. The molecule has 1 N–H and O–H groups in total. The zero-order chi connectivity index (χ0) is 12.4. The van der Waals surface area contributed by atoms with E-state index in [1.54, 1.807) is 0 Å². The molecule has 1 saturated heterocycles. The second-order valence-corrected chi connectivity index (χ2v) is 4.77. The third-order valence-corrected chi connectivity index (χ3v) is 3.68. The van der Waals surface area contributed by atoms with Gasteiger partial charge in [0.15, 0.2) is 0 Å². The maximum absolute atomic E-state index is 5.82. The van der Waals surface area contributed by atoms with Gasteiger partial charge in [-0.2, -0.15) is 0 Å². The van der Waals surface area contributed by atoms with E-state index in [0.29, 0.717) is 0 Å². The largest absolute Gasteiger partial charge is 0.376 e. The molecule has 94 valence electrons. The van der Waals surface area contributed by atoms with Gasteiger partial charge in [0.05, 0.1) is 12.1 Å². The van der Waals surface area contributed by atoms with E-state index in [4.69, 9.17) is 4.74 Å². The number of pyridine rings is 1. The Morgan fingerprint density at radius 1 is 1.33 bits per heavy atom. The number of ether oxygens (including phenoxy) is 1. The van der Waals surface area contributed by atoms with Crippen molar-refractivity contribution in [3.05, 3.63) is 42.2 Å². The van der Waals surface area contributed by atoms with Crippen LogP contribution in [0.5, 0.6) is 0 Å². The smallest absolute Gasteiger partial charge is 0.0771 e. The van der Waals surface area contributed by atoms with E-state index in [1.807, 2.05) is 25.5 Å². The molecule has 1 aliphatic rings. The number of rotatable bonds is 3. The van der Waals surface area contributed by atoms with E-state index in [-0.39, 0.29) is 12.1 Å². The molecule has 0 aliphatic carbocycles. The fraction of sp³-hybridized carbons (Fsp3) is 0.400. The number of hydrogen-bond donors (Lipinski definition) is 1. The molecular formula is C15H18N2O. The van der Waals surface area contributed by atoms with Gasteiger partial charge in [-0.25, -0.2) is 0 Å². The number of likely N-dealkylation sites (N-methyl/N-ethyl adjacent to an activating group) is 1. The van der Waals surface area contributed by atoms with Crippen LogP contribution in [0.2, 0.25) is 0 Å². The molecule has 2 unspecified atom stereocenters. The van der Waals surface area contributed by atoms with E-state index in [9.17, 15) is 0 Å². The summed E-state index contributed by atoms with van der Waals surface area (Å²) in [7, 11) is 1.99. The van der Waals surface area contributed by atoms with Crippen molar-refractivity contribution in [2.24, 2.45) is 0 Å². The first kappa shape index (κ1) is 11.6. The van der Waals surface area contributed by atoms with Crippen molar-refractivity contribution < 1.29 is 4.74 Å². The van der Waals surface area contributed by atoms with E-state index in [0.717, 1.165) is 19.4 Å². The van der Waals surface area contributed by atoms with Crippen LogP contribution in [0.4, 0.5) is 0 Å². The normalized spacial score (nSPS) is 21.3. The first-order valence-corrected chi connectivity index (χ1v) is 6.51. The molecule has 3 rings (SSSR count). The van der Waals surface area contributed by atoms with Crippen LogP contribution in [0.1, 0.15) is 24.4 Å². The SMILES string of the molecule is CNC(c1cncc2ccccc12)C1CCCO1. The van der Waals surface area contributed by atoms with Crippen LogP contribution >= 0.6 is 0 Å². The Labute approximate surface area is 107 Å². The number of fused-ring (bicyclic) bond motifs is 1. The van der Waals surface area contributed by atoms with Gasteiger partial charge < -0.3 is 10.1 Å². The van der Waals surface area contributed by atoms with Gasteiger partial charge in [0, 0.05) is 24.4 Å². The fourth-order valence-corrected chi connectivity index (χ4v) is 2.79. The molecule has 2 heterocycles. The average Bonchev–Trinajstić information content (AvgIpc) is 2.94. The maximum Gasteiger partial charge on any atom is 0.0771 e. The Morgan fingerprint density at radius 2 is 2.22 bits per heavy atom. The lowest BCUT2D eigenvalue weighted by atomic mass is 9.96. The molecule has 2 aromatic rings. The van der Waals surface area contributed by atoms with Gasteiger partial charge >= 0.3 is 0 Å². The summed E-state index contributed by atoms with van der Waals surface area (Å²) in [6.45, 7) is 0.876. The van der Waals surface area contributed by atoms with Gasteiger partial charge in [-0.3, -0.25) is 4.98 Å². The monoisotopic (exact) mass is 242 g/mol. The van der Waals surface area contributed by atoms with Crippen molar-refractivity contribution in [3.8, 4) is 0 Å². The molecule has 2 atom stereocenters. The van der Waals surface area contributed by atoms with Crippen molar-refractivity contribution in [1.29, 1.82) is 0 Å². The van der Waals surface area contributed by atoms with E-state index in [1.165, 1.54) is 16.3 Å². The van der Waals surface area contributed by atoms with Gasteiger partial charge in [0.25, 0.3) is 0 Å². The Bertz CT molecular complexity index is 530. The van der Waals surface area contributed by atoms with Crippen molar-refractivity contribution in [3.63, 3.8) is 0 Å². The number of nitrogens with one attached hydrogen (secondary N) is 1. The van der Waals surface area contributed by atoms with Gasteiger partial charge in [-0.15, -0.1) is 0 Å². The zero-order valence-electron chi connectivity index (χ0n) is 10.6. The van der Waals surface area contributed by atoms with E-state index in [2.05, 4.69) is 28.5 Å². The van der Waals surface area contributed by atoms with Crippen LogP contribution in [-0.4, -0.2) is 24.7 Å². The van der Waals surface area contributed by atoms with Crippen LogP contribution in [0.3, 0.4) is 0 Å². The summed E-state index contributed by atoms with van der Waals surface area (Å²) in [6, 6.07) is 8.62. The van der Waals surface area contributed by atoms with Crippen LogP contribution < -0.4 is 5.32 Å². The second kappa shape index (κ2) is 5.04. The molecule has 3 nitrogen and oxygen atoms in total. The average molecular weight is 242 g/mol. The molecule has 1 aromatic heterocycles. The lowest BCUT2D eigenvalue weighted by molar-refractivity contribution is 0.0811.